The van der Waals surface area contributed by atoms with E-state index in [4.69, 9.17) is 0 Å². The molecule has 0 saturated heterocycles. The molecule has 1 aliphatic rings. The van der Waals surface area contributed by atoms with Gasteiger partial charge in [0.25, 0.3) is 0 Å². The van der Waals surface area contributed by atoms with E-state index in [1.807, 2.05) is 0 Å². The Morgan fingerprint density at radius 3 is 3.13 bits per heavy atom. The molecule has 0 radical (unpaired) electrons. The fourth-order valence-electron chi connectivity index (χ4n) is 2.17. The summed E-state index contributed by atoms with van der Waals surface area (Å²) < 4.78 is 0. The van der Waals surface area contributed by atoms with E-state index in [0.717, 1.165) is 5.92 Å². The summed E-state index contributed by atoms with van der Waals surface area (Å²) in [5.41, 5.74) is 1.47. The van der Waals surface area contributed by atoms with Gasteiger partial charge >= 0.3 is 0 Å². The van der Waals surface area contributed by atoms with E-state index in [2.05, 4.69) is 36.2 Å². The zero-order valence-electron chi connectivity index (χ0n) is 9.11. The van der Waals surface area contributed by atoms with E-state index in [-0.39, 0.29) is 0 Å². The maximum Gasteiger partial charge on any atom is 0.0267 e. The highest BCUT2D eigenvalue weighted by atomic mass is 32.1. The molecule has 1 atom stereocenters. The van der Waals surface area contributed by atoms with Crippen molar-refractivity contribution in [3.63, 3.8) is 0 Å². The summed E-state index contributed by atoms with van der Waals surface area (Å²) in [7, 11) is 0. The van der Waals surface area contributed by atoms with Crippen LogP contribution in [-0.4, -0.2) is 0 Å². The fraction of sp³-hybridized carbons (Fsp3) is 0.429. The lowest BCUT2D eigenvalue weighted by atomic mass is 9.83. The molecule has 1 heterocycles. The Morgan fingerprint density at radius 2 is 2.40 bits per heavy atom. The molecule has 1 saturated carbocycles. The molecular weight excluding hydrogens is 200 g/mol. The van der Waals surface area contributed by atoms with Crippen LogP contribution in [0.2, 0.25) is 0 Å². The van der Waals surface area contributed by atoms with Crippen LogP contribution in [0.15, 0.2) is 35.7 Å². The van der Waals surface area contributed by atoms with Crippen LogP contribution in [0.4, 0.5) is 0 Å². The van der Waals surface area contributed by atoms with Crippen molar-refractivity contribution < 1.29 is 0 Å². The number of hydrogen-bond acceptors (Lipinski definition) is 1. The first-order chi connectivity index (χ1) is 7.36. The molecule has 0 bridgehead atoms. The molecule has 1 aliphatic carbocycles. The van der Waals surface area contributed by atoms with Crippen LogP contribution in [0.1, 0.15) is 37.0 Å². The van der Waals surface area contributed by atoms with Gasteiger partial charge in [0, 0.05) is 4.88 Å². The average molecular weight is 218 g/mol. The third kappa shape index (κ3) is 3.07. The van der Waals surface area contributed by atoms with Crippen LogP contribution in [-0.2, 0) is 0 Å². The molecular formula is C14H18S. The van der Waals surface area contributed by atoms with Gasteiger partial charge in [-0.05, 0) is 49.1 Å². The van der Waals surface area contributed by atoms with Crippen LogP contribution < -0.4 is 0 Å². The Bertz CT molecular complexity index is 332. The van der Waals surface area contributed by atoms with Gasteiger partial charge in [-0.3, -0.25) is 0 Å². The Morgan fingerprint density at radius 1 is 1.47 bits per heavy atom. The SMILES string of the molecule is C=C1CCCCC1C/C=C/c1cccs1. The second-order valence-electron chi connectivity index (χ2n) is 4.25. The second kappa shape index (κ2) is 5.32. The van der Waals surface area contributed by atoms with Crippen molar-refractivity contribution in [1.82, 2.24) is 0 Å². The normalized spacial score (nSPS) is 22.4. The summed E-state index contributed by atoms with van der Waals surface area (Å²) in [5.74, 6) is 0.745. The Balaban J connectivity index is 1.84. The molecule has 1 heteroatoms. The standard InChI is InChI=1S/C14H18S/c1-12-6-2-3-7-13(12)8-4-9-14-10-5-11-15-14/h4-5,9-11,13H,1-3,6-8H2/b9-4+. The van der Waals surface area contributed by atoms with Crippen molar-refractivity contribution in [1.29, 1.82) is 0 Å². The predicted molar refractivity (Wildman–Crippen MR) is 69.1 cm³/mol. The zero-order valence-corrected chi connectivity index (χ0v) is 9.93. The van der Waals surface area contributed by atoms with Gasteiger partial charge in [0.15, 0.2) is 0 Å². The first-order valence-corrected chi connectivity index (χ1v) is 6.62. The molecule has 0 spiro atoms. The van der Waals surface area contributed by atoms with Crippen molar-refractivity contribution in [2.45, 2.75) is 32.1 Å². The first-order valence-electron chi connectivity index (χ1n) is 5.74. The monoisotopic (exact) mass is 218 g/mol. The van der Waals surface area contributed by atoms with Crippen LogP contribution in [0.25, 0.3) is 6.08 Å². The summed E-state index contributed by atoms with van der Waals surface area (Å²) in [5, 5.41) is 2.12. The lowest BCUT2D eigenvalue weighted by Crippen LogP contribution is -2.07. The van der Waals surface area contributed by atoms with E-state index in [9.17, 15) is 0 Å². The number of hydrogen-bond donors (Lipinski definition) is 0. The van der Waals surface area contributed by atoms with Crippen molar-refractivity contribution in [2.75, 3.05) is 0 Å². The summed E-state index contributed by atoms with van der Waals surface area (Å²) in [6, 6.07) is 4.26. The van der Waals surface area contributed by atoms with E-state index >= 15 is 0 Å². The summed E-state index contributed by atoms with van der Waals surface area (Å²) in [4.78, 5) is 1.36. The van der Waals surface area contributed by atoms with E-state index in [1.165, 1.54) is 42.6 Å². The smallest absolute Gasteiger partial charge is 0.0267 e. The number of thiophene rings is 1. The highest BCUT2D eigenvalue weighted by Gasteiger charge is 2.15. The van der Waals surface area contributed by atoms with Crippen LogP contribution in [0.5, 0.6) is 0 Å². The summed E-state index contributed by atoms with van der Waals surface area (Å²) >= 11 is 1.80. The third-order valence-corrected chi connectivity index (χ3v) is 3.96. The largest absolute Gasteiger partial charge is 0.144 e. The number of rotatable bonds is 3. The van der Waals surface area contributed by atoms with Crippen LogP contribution in [0, 0.1) is 5.92 Å². The van der Waals surface area contributed by atoms with Crippen molar-refractivity contribution >= 4 is 17.4 Å². The molecule has 0 N–H and O–H groups in total. The summed E-state index contributed by atoms with van der Waals surface area (Å²) in [6.45, 7) is 4.18. The lowest BCUT2D eigenvalue weighted by molar-refractivity contribution is 0.459. The minimum absolute atomic E-state index is 0.745. The minimum atomic E-state index is 0.745. The lowest BCUT2D eigenvalue weighted by Gasteiger charge is -2.23. The van der Waals surface area contributed by atoms with Crippen molar-refractivity contribution in [3.05, 3.63) is 40.6 Å². The molecule has 15 heavy (non-hydrogen) atoms. The Kier molecular flexibility index (Phi) is 3.79. The second-order valence-corrected chi connectivity index (χ2v) is 5.23. The van der Waals surface area contributed by atoms with E-state index in [1.54, 1.807) is 11.3 Å². The Labute approximate surface area is 96.3 Å². The summed E-state index contributed by atoms with van der Waals surface area (Å²) in [6.07, 6.45) is 11.1. The first kappa shape index (κ1) is 10.7. The highest BCUT2D eigenvalue weighted by molar-refractivity contribution is 7.10. The zero-order chi connectivity index (χ0) is 10.5. The quantitative estimate of drug-likeness (QED) is 0.633. The molecule has 1 unspecified atom stereocenters. The van der Waals surface area contributed by atoms with Crippen LogP contribution >= 0.6 is 11.3 Å². The average Bonchev–Trinajstić information content (AvgIpc) is 2.74. The maximum absolute atomic E-state index is 4.18. The van der Waals surface area contributed by atoms with Gasteiger partial charge in [-0.1, -0.05) is 30.7 Å². The molecule has 1 fully saturated rings. The molecule has 0 aromatic carbocycles. The van der Waals surface area contributed by atoms with Gasteiger partial charge in [-0.15, -0.1) is 11.3 Å². The topological polar surface area (TPSA) is 0 Å². The molecule has 1 aromatic rings. The van der Waals surface area contributed by atoms with Gasteiger partial charge in [0.2, 0.25) is 0 Å². The Hall–Kier alpha value is -0.820. The molecule has 0 nitrogen and oxygen atoms in total. The van der Waals surface area contributed by atoms with Crippen molar-refractivity contribution in [3.8, 4) is 0 Å². The van der Waals surface area contributed by atoms with E-state index < -0.39 is 0 Å². The fourth-order valence-corrected chi connectivity index (χ4v) is 2.82. The van der Waals surface area contributed by atoms with Gasteiger partial charge in [-0.25, -0.2) is 0 Å². The van der Waals surface area contributed by atoms with Gasteiger partial charge in [-0.2, -0.15) is 0 Å². The highest BCUT2D eigenvalue weighted by Crippen LogP contribution is 2.30. The maximum atomic E-state index is 4.18. The molecule has 1 aromatic heterocycles. The van der Waals surface area contributed by atoms with Gasteiger partial charge in [0.1, 0.15) is 0 Å². The molecule has 0 amide bonds. The minimum Gasteiger partial charge on any atom is -0.144 e. The van der Waals surface area contributed by atoms with Gasteiger partial charge in [0.05, 0.1) is 0 Å². The van der Waals surface area contributed by atoms with E-state index in [0.29, 0.717) is 0 Å². The molecule has 0 aliphatic heterocycles. The number of allylic oxidation sites excluding steroid dienone is 2. The van der Waals surface area contributed by atoms with Gasteiger partial charge < -0.3 is 0 Å². The third-order valence-electron chi connectivity index (χ3n) is 3.12. The van der Waals surface area contributed by atoms with Crippen molar-refractivity contribution in [2.24, 2.45) is 5.92 Å². The molecule has 2 rings (SSSR count). The molecule has 80 valence electrons. The predicted octanol–water partition coefficient (Wildman–Crippen LogP) is 4.90. The van der Waals surface area contributed by atoms with Crippen LogP contribution in [0.3, 0.4) is 0 Å².